The number of carbonyl (C=O) groups is 2. The van der Waals surface area contributed by atoms with E-state index in [-0.39, 0.29) is 0 Å². The Morgan fingerprint density at radius 3 is 1.92 bits per heavy atom. The fourth-order valence-electron chi connectivity index (χ4n) is 3.40. The van der Waals surface area contributed by atoms with Crippen LogP contribution in [0.4, 0.5) is 0 Å². The minimum atomic E-state index is 0.488. The fourth-order valence-corrected chi connectivity index (χ4v) is 3.40. The van der Waals surface area contributed by atoms with Crippen molar-refractivity contribution < 1.29 is 14.3 Å². The van der Waals surface area contributed by atoms with E-state index in [9.17, 15) is 9.59 Å². The first-order chi connectivity index (χ1) is 18.6. The molecule has 6 nitrogen and oxygen atoms in total. The molecule has 1 heterocycles. The van der Waals surface area contributed by atoms with Crippen LogP contribution in [0.15, 0.2) is 84.9 Å². The van der Waals surface area contributed by atoms with Gasteiger partial charge in [-0.05, 0) is 62.8 Å². The number of hydrogen-bond acceptors (Lipinski definition) is 3. The average Bonchev–Trinajstić information content (AvgIpc) is 3.70. The SMILES string of the molecule is CCc1ccccc1.Cc1cc2c(OCC3CC3)cccc2[nH]1.Cc1ccccc1.O=CNCCNC=O. The first-order valence-electron chi connectivity index (χ1n) is 13.2. The molecule has 5 rings (SSSR count). The van der Waals surface area contributed by atoms with E-state index in [1.165, 1.54) is 40.6 Å². The van der Waals surface area contributed by atoms with Crippen molar-refractivity contribution in [1.82, 2.24) is 15.6 Å². The number of H-pyrrole nitrogens is 1. The Bertz CT molecular complexity index is 1160. The largest absolute Gasteiger partial charge is 0.493 e. The molecule has 0 saturated heterocycles. The van der Waals surface area contributed by atoms with Crippen LogP contribution in [0.25, 0.3) is 10.9 Å². The molecule has 1 aliphatic carbocycles. The molecule has 202 valence electrons. The van der Waals surface area contributed by atoms with Crippen molar-refractivity contribution in [2.45, 2.75) is 40.0 Å². The Labute approximate surface area is 226 Å². The van der Waals surface area contributed by atoms with Gasteiger partial charge in [-0.3, -0.25) is 9.59 Å². The Morgan fingerprint density at radius 1 is 0.842 bits per heavy atom. The second kappa shape index (κ2) is 18.2. The van der Waals surface area contributed by atoms with Gasteiger partial charge in [-0.1, -0.05) is 79.2 Å². The van der Waals surface area contributed by atoms with Crippen LogP contribution in [-0.4, -0.2) is 37.5 Å². The van der Waals surface area contributed by atoms with E-state index in [4.69, 9.17) is 4.74 Å². The summed E-state index contributed by atoms with van der Waals surface area (Å²) in [7, 11) is 0. The number of ether oxygens (including phenoxy) is 1. The zero-order chi connectivity index (χ0) is 27.4. The van der Waals surface area contributed by atoms with Crippen molar-refractivity contribution in [3.05, 3.63) is 102 Å². The molecular formula is C32H41N3O3. The summed E-state index contributed by atoms with van der Waals surface area (Å²) in [5, 5.41) is 5.97. The summed E-state index contributed by atoms with van der Waals surface area (Å²) in [6, 6.07) is 29.1. The smallest absolute Gasteiger partial charge is 0.207 e. The Balaban J connectivity index is 0.000000190. The number of rotatable bonds is 9. The normalized spacial score (nSPS) is 11.3. The Kier molecular flexibility index (Phi) is 14.5. The van der Waals surface area contributed by atoms with Crippen LogP contribution in [0.5, 0.6) is 5.75 Å². The molecule has 0 spiro atoms. The van der Waals surface area contributed by atoms with Crippen molar-refractivity contribution >= 4 is 23.7 Å². The maximum Gasteiger partial charge on any atom is 0.207 e. The van der Waals surface area contributed by atoms with Crippen molar-refractivity contribution in [2.24, 2.45) is 5.92 Å². The number of aromatic amines is 1. The number of aromatic nitrogens is 1. The summed E-state index contributed by atoms with van der Waals surface area (Å²) < 4.78 is 5.84. The minimum absolute atomic E-state index is 0.488. The van der Waals surface area contributed by atoms with Crippen molar-refractivity contribution in [3.63, 3.8) is 0 Å². The minimum Gasteiger partial charge on any atom is -0.493 e. The van der Waals surface area contributed by atoms with Crippen LogP contribution in [-0.2, 0) is 16.0 Å². The summed E-state index contributed by atoms with van der Waals surface area (Å²) in [5.74, 6) is 1.82. The zero-order valence-electron chi connectivity index (χ0n) is 22.8. The number of carbonyl (C=O) groups excluding carboxylic acids is 2. The van der Waals surface area contributed by atoms with Crippen molar-refractivity contribution in [2.75, 3.05) is 19.7 Å². The maximum absolute atomic E-state index is 9.54. The van der Waals surface area contributed by atoms with Crippen molar-refractivity contribution in [1.29, 1.82) is 0 Å². The molecule has 1 aromatic heterocycles. The van der Waals surface area contributed by atoms with Gasteiger partial charge in [0.1, 0.15) is 5.75 Å². The van der Waals surface area contributed by atoms with Crippen LogP contribution in [0.3, 0.4) is 0 Å². The molecule has 1 fully saturated rings. The molecule has 0 aliphatic heterocycles. The molecule has 0 radical (unpaired) electrons. The number of aryl methyl sites for hydroxylation is 3. The highest BCUT2D eigenvalue weighted by atomic mass is 16.5. The highest BCUT2D eigenvalue weighted by molar-refractivity contribution is 5.86. The lowest BCUT2D eigenvalue weighted by molar-refractivity contribution is -0.111. The van der Waals surface area contributed by atoms with Crippen LogP contribution in [0.2, 0.25) is 0 Å². The van der Waals surface area contributed by atoms with Gasteiger partial charge in [0.15, 0.2) is 0 Å². The molecule has 3 N–H and O–H groups in total. The fraction of sp³-hybridized carbons (Fsp3) is 0.312. The average molecular weight is 516 g/mol. The molecular weight excluding hydrogens is 474 g/mol. The van der Waals surface area contributed by atoms with Gasteiger partial charge in [-0.2, -0.15) is 0 Å². The number of nitrogens with one attached hydrogen (secondary N) is 3. The molecule has 6 heteroatoms. The second-order valence-corrected chi connectivity index (χ2v) is 9.06. The van der Waals surface area contributed by atoms with Gasteiger partial charge < -0.3 is 20.4 Å². The summed E-state index contributed by atoms with van der Waals surface area (Å²) in [5.41, 5.74) is 5.09. The van der Waals surface area contributed by atoms with E-state index >= 15 is 0 Å². The molecule has 0 atom stereocenters. The number of hydrogen-bond donors (Lipinski definition) is 3. The summed E-state index contributed by atoms with van der Waals surface area (Å²) in [6.45, 7) is 8.17. The third-order valence-electron chi connectivity index (χ3n) is 5.70. The van der Waals surface area contributed by atoms with Crippen LogP contribution in [0, 0.1) is 19.8 Å². The molecule has 4 aromatic rings. The lowest BCUT2D eigenvalue weighted by Gasteiger charge is -2.05. The standard InChI is InChI=1S/C13H15NO.C8H10.C7H8.C4H8N2O2/c1-9-7-11-12(14-9)3-2-4-13(11)15-8-10-5-6-10;1-2-8-6-4-3-5-7-8;1-7-5-3-2-4-6-7;7-3-5-1-2-6-4-8/h2-4,7,10,14H,5-6,8H2,1H3;3-7H,2H2,1H3;2-6H,1H3;3-4H,1-2H2,(H,5,7)(H,6,8). The third-order valence-corrected chi connectivity index (χ3v) is 5.70. The summed E-state index contributed by atoms with van der Waals surface area (Å²) >= 11 is 0. The monoisotopic (exact) mass is 515 g/mol. The molecule has 38 heavy (non-hydrogen) atoms. The number of fused-ring (bicyclic) bond motifs is 1. The van der Waals surface area contributed by atoms with Crippen molar-refractivity contribution in [3.8, 4) is 5.75 Å². The Morgan fingerprint density at radius 2 is 1.45 bits per heavy atom. The predicted molar refractivity (Wildman–Crippen MR) is 156 cm³/mol. The van der Waals surface area contributed by atoms with Gasteiger partial charge in [0.25, 0.3) is 0 Å². The lowest BCUT2D eigenvalue weighted by Crippen LogP contribution is -2.25. The highest BCUT2D eigenvalue weighted by Crippen LogP contribution is 2.32. The van der Waals surface area contributed by atoms with E-state index in [1.807, 2.05) is 30.3 Å². The van der Waals surface area contributed by atoms with E-state index in [0.29, 0.717) is 25.9 Å². The molecule has 2 amide bonds. The predicted octanol–water partition coefficient (Wildman–Crippen LogP) is 5.99. The van der Waals surface area contributed by atoms with E-state index in [2.05, 4.69) is 91.0 Å². The molecule has 0 bridgehead atoms. The van der Waals surface area contributed by atoms with Gasteiger partial charge in [-0.25, -0.2) is 0 Å². The van der Waals surface area contributed by atoms with E-state index in [1.54, 1.807) is 0 Å². The third kappa shape index (κ3) is 12.8. The molecule has 3 aromatic carbocycles. The topological polar surface area (TPSA) is 83.2 Å². The van der Waals surface area contributed by atoms with Gasteiger partial charge in [-0.15, -0.1) is 0 Å². The van der Waals surface area contributed by atoms with Gasteiger partial charge >= 0.3 is 0 Å². The summed E-state index contributed by atoms with van der Waals surface area (Å²) in [4.78, 5) is 22.4. The first kappa shape index (κ1) is 30.2. The lowest BCUT2D eigenvalue weighted by atomic mass is 10.2. The Hall–Kier alpha value is -4.06. The number of benzene rings is 3. The second-order valence-electron chi connectivity index (χ2n) is 9.06. The molecule has 1 saturated carbocycles. The van der Waals surface area contributed by atoms with Gasteiger partial charge in [0.05, 0.1) is 6.61 Å². The zero-order valence-corrected chi connectivity index (χ0v) is 22.8. The van der Waals surface area contributed by atoms with E-state index < -0.39 is 0 Å². The quantitative estimate of drug-likeness (QED) is 0.189. The summed E-state index contributed by atoms with van der Waals surface area (Å²) in [6.07, 6.45) is 4.99. The van der Waals surface area contributed by atoms with Gasteiger partial charge in [0, 0.05) is 29.7 Å². The van der Waals surface area contributed by atoms with Crippen LogP contribution in [0.1, 0.15) is 36.6 Å². The van der Waals surface area contributed by atoms with Gasteiger partial charge in [0.2, 0.25) is 12.8 Å². The highest BCUT2D eigenvalue weighted by Gasteiger charge is 2.22. The van der Waals surface area contributed by atoms with Crippen LogP contribution < -0.4 is 15.4 Å². The first-order valence-corrected chi connectivity index (χ1v) is 13.2. The molecule has 1 aliphatic rings. The van der Waals surface area contributed by atoms with Crippen LogP contribution >= 0.6 is 0 Å². The molecule has 0 unspecified atom stereocenters. The maximum atomic E-state index is 9.54. The van der Waals surface area contributed by atoms with E-state index in [0.717, 1.165) is 24.7 Å². The number of amides is 2.